The number of hydrogen-bond acceptors (Lipinski definition) is 2. The molecule has 3 heteroatoms. The Kier molecular flexibility index (Phi) is 3.86. The maximum absolute atomic E-state index is 12.9. The first-order chi connectivity index (χ1) is 6.63. The van der Waals surface area contributed by atoms with Gasteiger partial charge in [-0.05, 0) is 25.0 Å². The highest BCUT2D eigenvalue weighted by Gasteiger charge is 2.07. The third kappa shape index (κ3) is 2.98. The monoisotopic (exact) mass is 196 g/mol. The predicted molar refractivity (Wildman–Crippen MR) is 56.9 cm³/mol. The van der Waals surface area contributed by atoms with E-state index in [0.717, 1.165) is 18.9 Å². The molecule has 1 rings (SSSR count). The topological polar surface area (TPSA) is 16.1 Å². The van der Waals surface area contributed by atoms with Crippen LogP contribution in [0.2, 0.25) is 0 Å². The molecule has 0 fully saturated rings. The molecule has 0 radical (unpaired) electrons. The SMILES string of the molecule is CCN(CC(C)C)c1cccc(F)n1. The van der Waals surface area contributed by atoms with Gasteiger partial charge >= 0.3 is 0 Å². The molecule has 0 aliphatic rings. The van der Waals surface area contributed by atoms with Crippen molar-refractivity contribution in [2.75, 3.05) is 18.0 Å². The van der Waals surface area contributed by atoms with E-state index >= 15 is 0 Å². The molecule has 0 atom stereocenters. The molecular weight excluding hydrogens is 179 g/mol. The molecule has 0 unspecified atom stereocenters. The van der Waals surface area contributed by atoms with E-state index in [9.17, 15) is 4.39 Å². The Balaban J connectivity index is 2.78. The zero-order valence-electron chi connectivity index (χ0n) is 9.00. The van der Waals surface area contributed by atoms with Gasteiger partial charge in [-0.25, -0.2) is 4.98 Å². The third-order valence-electron chi connectivity index (χ3n) is 1.99. The van der Waals surface area contributed by atoms with E-state index in [0.29, 0.717) is 5.92 Å². The maximum Gasteiger partial charge on any atom is 0.214 e. The van der Waals surface area contributed by atoms with E-state index in [1.807, 2.05) is 6.07 Å². The number of halogens is 1. The van der Waals surface area contributed by atoms with Gasteiger partial charge in [0.05, 0.1) is 0 Å². The van der Waals surface area contributed by atoms with Crippen LogP contribution in [0.3, 0.4) is 0 Å². The van der Waals surface area contributed by atoms with Crippen molar-refractivity contribution in [2.24, 2.45) is 5.92 Å². The Hall–Kier alpha value is -1.12. The summed E-state index contributed by atoms with van der Waals surface area (Å²) >= 11 is 0. The second kappa shape index (κ2) is 4.94. The lowest BCUT2D eigenvalue weighted by atomic mass is 10.2. The number of aromatic nitrogens is 1. The first-order valence-electron chi connectivity index (χ1n) is 5.01. The second-order valence-corrected chi connectivity index (χ2v) is 3.75. The summed E-state index contributed by atoms with van der Waals surface area (Å²) < 4.78 is 12.9. The minimum Gasteiger partial charge on any atom is -0.357 e. The lowest BCUT2D eigenvalue weighted by molar-refractivity contribution is 0.571. The molecule has 1 aromatic heterocycles. The van der Waals surface area contributed by atoms with Gasteiger partial charge in [-0.3, -0.25) is 0 Å². The molecule has 0 aromatic carbocycles. The van der Waals surface area contributed by atoms with Crippen LogP contribution in [0.25, 0.3) is 0 Å². The molecule has 78 valence electrons. The van der Waals surface area contributed by atoms with Crippen LogP contribution in [0, 0.1) is 11.9 Å². The van der Waals surface area contributed by atoms with Crippen molar-refractivity contribution in [2.45, 2.75) is 20.8 Å². The smallest absolute Gasteiger partial charge is 0.214 e. The van der Waals surface area contributed by atoms with Gasteiger partial charge in [-0.15, -0.1) is 0 Å². The fourth-order valence-electron chi connectivity index (χ4n) is 1.40. The van der Waals surface area contributed by atoms with Crippen LogP contribution < -0.4 is 4.90 Å². The third-order valence-corrected chi connectivity index (χ3v) is 1.99. The van der Waals surface area contributed by atoms with Crippen LogP contribution in [0.1, 0.15) is 20.8 Å². The molecule has 0 saturated carbocycles. The number of hydrogen-bond donors (Lipinski definition) is 0. The van der Waals surface area contributed by atoms with Gasteiger partial charge in [-0.2, -0.15) is 4.39 Å². The average Bonchev–Trinajstić information content (AvgIpc) is 2.14. The normalized spacial score (nSPS) is 10.6. The highest BCUT2D eigenvalue weighted by atomic mass is 19.1. The summed E-state index contributed by atoms with van der Waals surface area (Å²) in [7, 11) is 0. The van der Waals surface area contributed by atoms with Crippen LogP contribution in [0.5, 0.6) is 0 Å². The quantitative estimate of drug-likeness (QED) is 0.688. The largest absolute Gasteiger partial charge is 0.357 e. The first kappa shape index (κ1) is 11.0. The Morgan fingerprint density at radius 1 is 1.43 bits per heavy atom. The Morgan fingerprint density at radius 3 is 2.64 bits per heavy atom. The van der Waals surface area contributed by atoms with Crippen LogP contribution in [0.4, 0.5) is 10.2 Å². The van der Waals surface area contributed by atoms with E-state index in [-0.39, 0.29) is 0 Å². The summed E-state index contributed by atoms with van der Waals surface area (Å²) in [5, 5.41) is 0. The molecule has 1 aromatic rings. The minimum absolute atomic E-state index is 0.412. The fourth-order valence-corrected chi connectivity index (χ4v) is 1.40. The zero-order chi connectivity index (χ0) is 10.6. The van der Waals surface area contributed by atoms with Gasteiger partial charge in [-0.1, -0.05) is 19.9 Å². The Morgan fingerprint density at radius 2 is 2.14 bits per heavy atom. The molecule has 0 N–H and O–H groups in total. The van der Waals surface area contributed by atoms with Crippen LogP contribution >= 0.6 is 0 Å². The lowest BCUT2D eigenvalue weighted by Gasteiger charge is -2.23. The molecule has 0 bridgehead atoms. The Labute approximate surface area is 84.8 Å². The molecule has 2 nitrogen and oxygen atoms in total. The van der Waals surface area contributed by atoms with Gasteiger partial charge < -0.3 is 4.90 Å². The number of rotatable bonds is 4. The van der Waals surface area contributed by atoms with Gasteiger partial charge in [0.25, 0.3) is 0 Å². The zero-order valence-corrected chi connectivity index (χ0v) is 9.00. The molecule has 0 amide bonds. The van der Waals surface area contributed by atoms with E-state index < -0.39 is 5.95 Å². The predicted octanol–water partition coefficient (Wildman–Crippen LogP) is 2.70. The van der Waals surface area contributed by atoms with Crippen molar-refractivity contribution in [3.05, 3.63) is 24.1 Å². The summed E-state index contributed by atoms with van der Waals surface area (Å²) in [6, 6.07) is 4.91. The highest BCUT2D eigenvalue weighted by molar-refractivity contribution is 5.37. The molecule has 0 aliphatic heterocycles. The van der Waals surface area contributed by atoms with E-state index in [1.165, 1.54) is 6.07 Å². The van der Waals surface area contributed by atoms with Crippen molar-refractivity contribution in [1.82, 2.24) is 4.98 Å². The molecule has 0 spiro atoms. The Bertz CT molecular complexity index is 286. The first-order valence-corrected chi connectivity index (χ1v) is 5.01. The summed E-state index contributed by atoms with van der Waals surface area (Å²) in [6.45, 7) is 8.10. The highest BCUT2D eigenvalue weighted by Crippen LogP contribution is 2.12. The summed E-state index contributed by atoms with van der Waals surface area (Å²) in [5.41, 5.74) is 0. The van der Waals surface area contributed by atoms with Crippen molar-refractivity contribution in [3.63, 3.8) is 0 Å². The van der Waals surface area contributed by atoms with E-state index in [4.69, 9.17) is 0 Å². The van der Waals surface area contributed by atoms with E-state index in [1.54, 1.807) is 6.07 Å². The lowest BCUT2D eigenvalue weighted by Crippen LogP contribution is -2.28. The maximum atomic E-state index is 12.9. The molecule has 0 saturated heterocycles. The van der Waals surface area contributed by atoms with Crippen LogP contribution in [0.15, 0.2) is 18.2 Å². The van der Waals surface area contributed by atoms with Crippen LogP contribution in [-0.4, -0.2) is 18.1 Å². The van der Waals surface area contributed by atoms with E-state index in [2.05, 4.69) is 30.7 Å². The second-order valence-electron chi connectivity index (χ2n) is 3.75. The molecule has 14 heavy (non-hydrogen) atoms. The van der Waals surface area contributed by atoms with Crippen molar-refractivity contribution >= 4 is 5.82 Å². The molecule has 1 heterocycles. The molecule has 0 aliphatic carbocycles. The van der Waals surface area contributed by atoms with Gasteiger partial charge in [0.1, 0.15) is 5.82 Å². The number of nitrogens with zero attached hydrogens (tertiary/aromatic N) is 2. The minimum atomic E-state index is -0.412. The van der Waals surface area contributed by atoms with Crippen molar-refractivity contribution in [1.29, 1.82) is 0 Å². The van der Waals surface area contributed by atoms with Gasteiger partial charge in [0.2, 0.25) is 5.95 Å². The number of pyridine rings is 1. The van der Waals surface area contributed by atoms with Crippen molar-refractivity contribution in [3.8, 4) is 0 Å². The molecular formula is C11H17FN2. The fraction of sp³-hybridized carbons (Fsp3) is 0.545. The summed E-state index contributed by atoms with van der Waals surface area (Å²) in [4.78, 5) is 5.93. The van der Waals surface area contributed by atoms with Gasteiger partial charge in [0.15, 0.2) is 0 Å². The van der Waals surface area contributed by atoms with Crippen molar-refractivity contribution < 1.29 is 4.39 Å². The summed E-state index contributed by atoms with van der Waals surface area (Å²) in [6.07, 6.45) is 0. The standard InChI is InChI=1S/C11H17FN2/c1-4-14(8-9(2)3)11-7-5-6-10(12)13-11/h5-7,9H,4,8H2,1-3H3. The summed E-state index contributed by atoms with van der Waals surface area (Å²) in [5.74, 6) is 0.867. The van der Waals surface area contributed by atoms with Crippen LogP contribution in [-0.2, 0) is 0 Å². The van der Waals surface area contributed by atoms with Gasteiger partial charge in [0, 0.05) is 13.1 Å². The average molecular weight is 196 g/mol. The number of anilines is 1.